The number of hydrogen-bond donors (Lipinski definition) is 0. The van der Waals surface area contributed by atoms with Gasteiger partial charge in [-0.05, 0) is 19.1 Å². The highest BCUT2D eigenvalue weighted by atomic mass is 19.4. The Hall–Kier alpha value is -1.99. The molecule has 0 amide bonds. The zero-order chi connectivity index (χ0) is 14.8. The molecule has 0 aromatic heterocycles. The largest absolute Gasteiger partial charge is 0.433 e. The highest BCUT2D eigenvalue weighted by molar-refractivity contribution is 6.00. The van der Waals surface area contributed by atoms with Gasteiger partial charge in [0.05, 0.1) is 16.7 Å². The summed E-state index contributed by atoms with van der Waals surface area (Å²) in [7, 11) is 0. The number of carbonyl (C=O) groups excluding carboxylic acids is 2. The first-order valence-corrected chi connectivity index (χ1v) is 4.83. The van der Waals surface area contributed by atoms with Crippen LogP contribution in [0, 0.1) is 0 Å². The van der Waals surface area contributed by atoms with E-state index in [2.05, 4.69) is 4.74 Å². The summed E-state index contributed by atoms with van der Waals surface area (Å²) in [6, 6.07) is 0.712. The molecule has 0 heterocycles. The molecule has 0 N–H and O–H groups in total. The number of Topliss-reactive ketones (excluding diaryl/α,β-unsaturated/α-hetero) is 1. The van der Waals surface area contributed by atoms with E-state index in [0.717, 1.165) is 6.92 Å². The van der Waals surface area contributed by atoms with Crippen molar-refractivity contribution in [3.63, 3.8) is 0 Å². The van der Waals surface area contributed by atoms with Crippen molar-refractivity contribution in [3.8, 4) is 5.75 Å². The molecule has 0 bridgehead atoms. The number of ether oxygens (including phenoxy) is 1. The third kappa shape index (κ3) is 3.49. The first kappa shape index (κ1) is 15.1. The molecule has 0 radical (unpaired) electrons. The van der Waals surface area contributed by atoms with E-state index in [9.17, 15) is 31.5 Å². The van der Waals surface area contributed by atoms with E-state index in [-0.39, 0.29) is 6.29 Å². The molecule has 0 aliphatic rings. The lowest BCUT2D eigenvalue weighted by Gasteiger charge is -2.14. The maximum Gasteiger partial charge on any atom is 0.416 e. The Bertz CT molecular complexity index is 508. The maximum absolute atomic E-state index is 12.5. The summed E-state index contributed by atoms with van der Waals surface area (Å²) >= 11 is 0. The molecule has 0 aliphatic heterocycles. The number of aldehydes is 1. The van der Waals surface area contributed by atoms with Gasteiger partial charge in [-0.15, -0.1) is 0 Å². The summed E-state index contributed by atoms with van der Waals surface area (Å²) < 4.78 is 65.8. The zero-order valence-corrected chi connectivity index (χ0v) is 9.42. The van der Waals surface area contributed by atoms with Gasteiger partial charge in [-0.2, -0.15) is 22.0 Å². The van der Waals surface area contributed by atoms with Gasteiger partial charge in [-0.1, -0.05) is 0 Å². The first-order valence-electron chi connectivity index (χ1n) is 4.83. The second-order valence-corrected chi connectivity index (χ2v) is 3.49. The van der Waals surface area contributed by atoms with Gasteiger partial charge in [0.15, 0.2) is 12.1 Å². The fourth-order valence-corrected chi connectivity index (χ4v) is 1.38. The highest BCUT2D eigenvalue weighted by Gasteiger charge is 2.33. The molecule has 8 heteroatoms. The molecule has 0 saturated carbocycles. The van der Waals surface area contributed by atoms with Crippen LogP contribution in [0.25, 0.3) is 0 Å². The second kappa shape index (κ2) is 5.33. The Morgan fingerprint density at radius 2 is 1.89 bits per heavy atom. The van der Waals surface area contributed by atoms with Crippen LogP contribution in [-0.4, -0.2) is 18.7 Å². The summed E-state index contributed by atoms with van der Waals surface area (Å²) in [4.78, 5) is 21.8. The number of halogens is 5. The standard InChI is InChI=1S/C11H7F5O3/c1-5(18)8-3-7(11(14,15)16)2-6(4-17)9(8)19-10(12)13/h2-4,10H,1H3. The molecule has 1 aromatic carbocycles. The minimum absolute atomic E-state index is 0.0839. The van der Waals surface area contributed by atoms with Gasteiger partial charge < -0.3 is 4.74 Å². The van der Waals surface area contributed by atoms with Crippen molar-refractivity contribution in [1.29, 1.82) is 0 Å². The monoisotopic (exact) mass is 282 g/mol. The Balaban J connectivity index is 3.53. The fourth-order valence-electron chi connectivity index (χ4n) is 1.38. The van der Waals surface area contributed by atoms with E-state index in [4.69, 9.17) is 0 Å². The number of rotatable bonds is 4. The van der Waals surface area contributed by atoms with Crippen LogP contribution in [0.5, 0.6) is 5.75 Å². The molecule has 1 aromatic rings. The van der Waals surface area contributed by atoms with Gasteiger partial charge in [-0.3, -0.25) is 9.59 Å². The van der Waals surface area contributed by atoms with Crippen molar-refractivity contribution in [3.05, 3.63) is 28.8 Å². The summed E-state index contributed by atoms with van der Waals surface area (Å²) in [5, 5.41) is 0. The van der Waals surface area contributed by atoms with E-state index in [1.165, 1.54) is 0 Å². The Kier molecular flexibility index (Phi) is 4.23. The lowest BCUT2D eigenvalue weighted by Crippen LogP contribution is -2.13. The van der Waals surface area contributed by atoms with Crippen molar-refractivity contribution in [1.82, 2.24) is 0 Å². The van der Waals surface area contributed by atoms with Crippen LogP contribution < -0.4 is 4.74 Å². The van der Waals surface area contributed by atoms with Crippen LogP contribution in [0.2, 0.25) is 0 Å². The zero-order valence-electron chi connectivity index (χ0n) is 9.42. The quantitative estimate of drug-likeness (QED) is 0.483. The number of benzene rings is 1. The van der Waals surface area contributed by atoms with Crippen molar-refractivity contribution in [2.75, 3.05) is 0 Å². The molecule has 3 nitrogen and oxygen atoms in total. The molecule has 19 heavy (non-hydrogen) atoms. The van der Waals surface area contributed by atoms with Crippen molar-refractivity contribution < 1.29 is 36.3 Å². The average molecular weight is 282 g/mol. The molecule has 0 atom stereocenters. The minimum Gasteiger partial charge on any atom is -0.433 e. The molecule has 0 fully saturated rings. The van der Waals surface area contributed by atoms with E-state index in [0.29, 0.717) is 12.1 Å². The van der Waals surface area contributed by atoms with E-state index >= 15 is 0 Å². The Labute approximate surface area is 104 Å². The molecule has 0 unspecified atom stereocenters. The lowest BCUT2D eigenvalue weighted by molar-refractivity contribution is -0.137. The van der Waals surface area contributed by atoms with E-state index in [1.807, 2.05) is 0 Å². The van der Waals surface area contributed by atoms with E-state index in [1.54, 1.807) is 0 Å². The molecule has 0 spiro atoms. The SMILES string of the molecule is CC(=O)c1cc(C(F)(F)F)cc(C=O)c1OC(F)F. The van der Waals surface area contributed by atoms with Gasteiger partial charge in [0, 0.05) is 0 Å². The molecule has 104 valence electrons. The summed E-state index contributed by atoms with van der Waals surface area (Å²) in [6.45, 7) is -2.49. The fraction of sp³-hybridized carbons (Fsp3) is 0.273. The van der Waals surface area contributed by atoms with Gasteiger partial charge in [0.25, 0.3) is 0 Å². The second-order valence-electron chi connectivity index (χ2n) is 3.49. The number of alkyl halides is 5. The summed E-state index contributed by atoms with van der Waals surface area (Å²) in [6.07, 6.45) is -4.90. The summed E-state index contributed by atoms with van der Waals surface area (Å²) in [5.41, 5.74) is -2.78. The molecular formula is C11H7F5O3. The molecule has 1 rings (SSSR count). The third-order valence-electron chi connectivity index (χ3n) is 2.16. The smallest absolute Gasteiger partial charge is 0.416 e. The average Bonchev–Trinajstić information content (AvgIpc) is 2.26. The molecule has 0 aliphatic carbocycles. The van der Waals surface area contributed by atoms with Gasteiger partial charge in [0.2, 0.25) is 0 Å². The van der Waals surface area contributed by atoms with Crippen LogP contribution in [0.4, 0.5) is 22.0 Å². The summed E-state index contributed by atoms with van der Waals surface area (Å²) in [5.74, 6) is -1.78. The van der Waals surface area contributed by atoms with Crippen molar-refractivity contribution in [2.24, 2.45) is 0 Å². The predicted octanol–water partition coefficient (Wildman–Crippen LogP) is 3.32. The Morgan fingerprint density at radius 3 is 2.26 bits per heavy atom. The number of ketones is 1. The van der Waals surface area contributed by atoms with Gasteiger partial charge in [-0.25, -0.2) is 0 Å². The molecule has 0 saturated heterocycles. The van der Waals surface area contributed by atoms with Crippen LogP contribution >= 0.6 is 0 Å². The van der Waals surface area contributed by atoms with Crippen LogP contribution in [0.15, 0.2) is 12.1 Å². The van der Waals surface area contributed by atoms with Crippen molar-refractivity contribution >= 4 is 12.1 Å². The molecular weight excluding hydrogens is 275 g/mol. The highest BCUT2D eigenvalue weighted by Crippen LogP contribution is 2.35. The van der Waals surface area contributed by atoms with Crippen LogP contribution in [0.1, 0.15) is 33.2 Å². The minimum atomic E-state index is -4.81. The lowest BCUT2D eigenvalue weighted by atomic mass is 10.0. The topological polar surface area (TPSA) is 43.4 Å². The third-order valence-corrected chi connectivity index (χ3v) is 2.16. The van der Waals surface area contributed by atoms with Crippen LogP contribution in [0.3, 0.4) is 0 Å². The van der Waals surface area contributed by atoms with Gasteiger partial charge >= 0.3 is 12.8 Å². The van der Waals surface area contributed by atoms with Crippen molar-refractivity contribution in [2.45, 2.75) is 19.7 Å². The van der Waals surface area contributed by atoms with Gasteiger partial charge in [0.1, 0.15) is 5.75 Å². The van der Waals surface area contributed by atoms with E-state index < -0.39 is 41.0 Å². The maximum atomic E-state index is 12.5. The normalized spacial score (nSPS) is 11.5. The van der Waals surface area contributed by atoms with Crippen LogP contribution in [-0.2, 0) is 6.18 Å². The first-order chi connectivity index (χ1) is 8.66. The Morgan fingerprint density at radius 1 is 1.32 bits per heavy atom. The number of hydrogen-bond acceptors (Lipinski definition) is 3. The predicted molar refractivity (Wildman–Crippen MR) is 53.5 cm³/mol. The number of carbonyl (C=O) groups is 2.